The lowest BCUT2D eigenvalue weighted by Gasteiger charge is -2.20. The highest BCUT2D eigenvalue weighted by molar-refractivity contribution is 7.91. The van der Waals surface area contributed by atoms with Crippen LogP contribution < -0.4 is 9.47 Å². The predicted molar refractivity (Wildman–Crippen MR) is 147 cm³/mol. The molecule has 1 aliphatic carbocycles. The van der Waals surface area contributed by atoms with Gasteiger partial charge in [-0.05, 0) is 61.9 Å². The molecule has 11 heteroatoms. The van der Waals surface area contributed by atoms with Crippen LogP contribution in [0.3, 0.4) is 0 Å². The molecule has 0 saturated heterocycles. The van der Waals surface area contributed by atoms with Crippen LogP contribution in [-0.2, 0) is 15.6 Å². The number of pyridine rings is 1. The van der Waals surface area contributed by atoms with Gasteiger partial charge in [0.15, 0.2) is 21.5 Å². The Bertz CT molecular complexity index is 1560. The number of benzene rings is 1. The van der Waals surface area contributed by atoms with Crippen molar-refractivity contribution in [3.05, 3.63) is 71.8 Å². The van der Waals surface area contributed by atoms with Gasteiger partial charge in [-0.2, -0.15) is 0 Å². The third-order valence-corrected chi connectivity index (χ3v) is 9.43. The Morgan fingerprint density at radius 2 is 1.67 bits per heavy atom. The van der Waals surface area contributed by atoms with E-state index in [1.165, 1.54) is 0 Å². The normalized spacial score (nSPS) is 15.1. The van der Waals surface area contributed by atoms with Crippen LogP contribution in [0.4, 0.5) is 0 Å². The lowest BCUT2D eigenvalue weighted by Crippen LogP contribution is -2.27. The molecule has 10 nitrogen and oxygen atoms in total. The second kappa shape index (κ2) is 10.7. The molecule has 0 unspecified atom stereocenters. The molecule has 0 radical (unpaired) electrons. The van der Waals surface area contributed by atoms with E-state index in [0.29, 0.717) is 34.8 Å². The van der Waals surface area contributed by atoms with Crippen LogP contribution in [0.25, 0.3) is 17.1 Å². The summed E-state index contributed by atoms with van der Waals surface area (Å²) in [5.41, 5.74) is 3.29. The number of rotatable bonds is 10. The maximum absolute atomic E-state index is 13.8. The topological polar surface area (TPSA) is 122 Å². The van der Waals surface area contributed by atoms with E-state index < -0.39 is 21.0 Å². The monoisotopic (exact) mass is 548 g/mol. The van der Waals surface area contributed by atoms with Crippen molar-refractivity contribution in [2.24, 2.45) is 0 Å². The summed E-state index contributed by atoms with van der Waals surface area (Å²) in [5.74, 6) is 1.88. The van der Waals surface area contributed by atoms with Crippen molar-refractivity contribution in [3.63, 3.8) is 0 Å². The first-order valence-electron chi connectivity index (χ1n) is 12.8. The summed E-state index contributed by atoms with van der Waals surface area (Å²) in [6.45, 7) is 5.39. The Morgan fingerprint density at radius 1 is 1.00 bits per heavy atom. The predicted octanol–water partition coefficient (Wildman–Crippen LogP) is 4.43. The number of aryl methyl sites for hydroxylation is 1. The summed E-state index contributed by atoms with van der Waals surface area (Å²) >= 11 is 0. The van der Waals surface area contributed by atoms with Gasteiger partial charge in [0.2, 0.25) is 0 Å². The molecule has 2 atom stereocenters. The van der Waals surface area contributed by atoms with Crippen LogP contribution in [0.5, 0.6) is 11.5 Å². The van der Waals surface area contributed by atoms with Crippen molar-refractivity contribution in [3.8, 4) is 28.6 Å². The SMILES string of the molecule is COc1cccc(OC)c1-n1c(CS(=O)(=O)[C@@H](C)[C@H](C)c2ncc(C)cn2)nnc1-c1cncc(C2CC2)c1. The van der Waals surface area contributed by atoms with Gasteiger partial charge in [-0.3, -0.25) is 9.55 Å². The molecule has 204 valence electrons. The number of ether oxygens (including phenoxy) is 2. The molecule has 1 saturated carbocycles. The van der Waals surface area contributed by atoms with Gasteiger partial charge in [-0.1, -0.05) is 13.0 Å². The molecule has 1 aromatic carbocycles. The minimum Gasteiger partial charge on any atom is -0.494 e. The van der Waals surface area contributed by atoms with E-state index in [1.54, 1.807) is 56.4 Å². The second-order valence-electron chi connectivity index (χ2n) is 9.99. The van der Waals surface area contributed by atoms with Gasteiger partial charge >= 0.3 is 0 Å². The van der Waals surface area contributed by atoms with Gasteiger partial charge in [0, 0.05) is 36.3 Å². The van der Waals surface area contributed by atoms with Gasteiger partial charge in [-0.25, -0.2) is 18.4 Å². The summed E-state index contributed by atoms with van der Waals surface area (Å²) in [6, 6.07) is 7.43. The largest absolute Gasteiger partial charge is 0.494 e. The van der Waals surface area contributed by atoms with Gasteiger partial charge in [0.05, 0.1) is 19.5 Å². The fourth-order valence-electron chi connectivity index (χ4n) is 4.57. The van der Waals surface area contributed by atoms with Gasteiger partial charge in [-0.15, -0.1) is 10.2 Å². The number of hydrogen-bond acceptors (Lipinski definition) is 9. The Kier molecular flexibility index (Phi) is 7.35. The van der Waals surface area contributed by atoms with Crippen molar-refractivity contribution in [2.75, 3.05) is 14.2 Å². The van der Waals surface area contributed by atoms with Crippen LogP contribution in [0.15, 0.2) is 49.1 Å². The van der Waals surface area contributed by atoms with Gasteiger partial charge < -0.3 is 9.47 Å². The molecule has 1 fully saturated rings. The van der Waals surface area contributed by atoms with E-state index in [2.05, 4.69) is 25.1 Å². The minimum absolute atomic E-state index is 0.244. The molecule has 39 heavy (non-hydrogen) atoms. The molecular formula is C28H32N6O4S. The molecule has 3 aromatic heterocycles. The Hall–Kier alpha value is -3.86. The first-order chi connectivity index (χ1) is 18.7. The zero-order chi connectivity index (χ0) is 27.7. The lowest BCUT2D eigenvalue weighted by atomic mass is 10.1. The number of hydrogen-bond donors (Lipinski definition) is 0. The lowest BCUT2D eigenvalue weighted by molar-refractivity contribution is 0.390. The van der Waals surface area contributed by atoms with Crippen molar-refractivity contribution in [2.45, 2.75) is 56.5 Å². The average Bonchev–Trinajstić information content (AvgIpc) is 3.73. The summed E-state index contributed by atoms with van der Waals surface area (Å²) in [5, 5.41) is 8.08. The molecular weight excluding hydrogens is 516 g/mol. The summed E-state index contributed by atoms with van der Waals surface area (Å²) in [6.07, 6.45) is 9.22. The fourth-order valence-corrected chi connectivity index (χ4v) is 6.13. The van der Waals surface area contributed by atoms with Crippen molar-refractivity contribution >= 4 is 9.84 Å². The summed E-state index contributed by atoms with van der Waals surface area (Å²) < 4.78 is 40.6. The number of methoxy groups -OCH3 is 2. The maximum Gasteiger partial charge on any atom is 0.170 e. The minimum atomic E-state index is -3.72. The van der Waals surface area contributed by atoms with E-state index in [0.717, 1.165) is 29.5 Å². The molecule has 0 spiro atoms. The number of aromatic nitrogens is 6. The van der Waals surface area contributed by atoms with Crippen LogP contribution in [0.1, 0.15) is 61.3 Å². The van der Waals surface area contributed by atoms with Crippen molar-refractivity contribution in [1.29, 1.82) is 0 Å². The number of nitrogens with zero attached hydrogens (tertiary/aromatic N) is 6. The summed E-state index contributed by atoms with van der Waals surface area (Å²) in [7, 11) is -0.612. The molecule has 1 aliphatic rings. The van der Waals surface area contributed by atoms with Crippen LogP contribution in [0, 0.1) is 6.92 Å². The van der Waals surface area contributed by atoms with E-state index in [4.69, 9.17) is 9.47 Å². The quantitative estimate of drug-likeness (QED) is 0.283. The highest BCUT2D eigenvalue weighted by Crippen LogP contribution is 2.42. The smallest absolute Gasteiger partial charge is 0.170 e. The Morgan fingerprint density at radius 3 is 2.28 bits per heavy atom. The van der Waals surface area contributed by atoms with Crippen LogP contribution in [-0.4, -0.2) is 57.6 Å². The van der Waals surface area contributed by atoms with E-state index >= 15 is 0 Å². The zero-order valence-corrected chi connectivity index (χ0v) is 23.5. The molecule has 0 N–H and O–H groups in total. The Labute approximate surface area is 228 Å². The molecule has 3 heterocycles. The standard InChI is InChI=1S/C28H32N6O4S/c1-17-12-30-27(31-13-17)18(2)19(3)39(35,36)16-25-32-33-28(22-11-21(14-29-15-22)20-9-10-20)34(25)26-23(37-4)7-6-8-24(26)38-5/h6-8,11-15,18-20H,9-10,16H2,1-5H3/t18-,19-/m0/s1. The fraction of sp³-hybridized carbons (Fsp3) is 0.393. The molecule has 0 amide bonds. The van der Waals surface area contributed by atoms with E-state index in [9.17, 15) is 8.42 Å². The van der Waals surface area contributed by atoms with Crippen molar-refractivity contribution in [1.82, 2.24) is 29.7 Å². The third kappa shape index (κ3) is 5.36. The van der Waals surface area contributed by atoms with E-state index in [-0.39, 0.29) is 11.6 Å². The summed E-state index contributed by atoms with van der Waals surface area (Å²) in [4.78, 5) is 13.1. The first kappa shape index (κ1) is 26.7. The first-order valence-corrected chi connectivity index (χ1v) is 14.6. The van der Waals surface area contributed by atoms with Crippen LogP contribution >= 0.6 is 0 Å². The molecule has 0 aliphatic heterocycles. The number of para-hydroxylation sites is 1. The molecule has 0 bridgehead atoms. The highest BCUT2D eigenvalue weighted by Gasteiger charge is 2.33. The van der Waals surface area contributed by atoms with Crippen molar-refractivity contribution < 1.29 is 17.9 Å². The maximum atomic E-state index is 13.8. The Balaban J connectivity index is 1.61. The van der Waals surface area contributed by atoms with E-state index in [1.807, 2.05) is 32.2 Å². The molecule has 5 rings (SSSR count). The highest BCUT2D eigenvalue weighted by atomic mass is 32.2. The average molecular weight is 549 g/mol. The zero-order valence-electron chi connectivity index (χ0n) is 22.7. The second-order valence-corrected chi connectivity index (χ2v) is 12.3. The van der Waals surface area contributed by atoms with Crippen LogP contribution in [0.2, 0.25) is 0 Å². The van der Waals surface area contributed by atoms with Gasteiger partial charge in [0.25, 0.3) is 0 Å². The molecule has 4 aromatic rings. The third-order valence-electron chi connectivity index (χ3n) is 7.23. The van der Waals surface area contributed by atoms with Gasteiger partial charge in [0.1, 0.15) is 28.8 Å². The number of sulfone groups is 1.